The van der Waals surface area contributed by atoms with Crippen molar-refractivity contribution in [1.29, 1.82) is 0 Å². The van der Waals surface area contributed by atoms with Crippen LogP contribution < -0.4 is 5.32 Å². The maximum atomic E-state index is 12.9. The third kappa shape index (κ3) is 3.17. The molecule has 0 aromatic heterocycles. The van der Waals surface area contributed by atoms with Gasteiger partial charge in [-0.25, -0.2) is 0 Å². The lowest BCUT2D eigenvalue weighted by Crippen LogP contribution is -2.68. The Bertz CT molecular complexity index is 537. The van der Waals surface area contributed by atoms with Gasteiger partial charge in [0.25, 0.3) is 0 Å². The zero-order valence-electron chi connectivity index (χ0n) is 16.2. The van der Waals surface area contributed by atoms with Crippen molar-refractivity contribution in [2.75, 3.05) is 13.2 Å². The number of hydrogen-bond donors (Lipinski definition) is 1. The van der Waals surface area contributed by atoms with Crippen molar-refractivity contribution in [1.82, 2.24) is 10.2 Å². The topological polar surface area (TPSA) is 58.6 Å². The number of carbonyl (C=O) groups excluding carboxylic acids is 2. The molecule has 1 saturated heterocycles. The average molecular weight is 363 g/mol. The normalized spacial score (nSPS) is 34.3. The average Bonchev–Trinajstić information content (AvgIpc) is 2.78. The lowest BCUT2D eigenvalue weighted by molar-refractivity contribution is -0.176. The first-order chi connectivity index (χ1) is 12.6. The van der Waals surface area contributed by atoms with Gasteiger partial charge in [0.15, 0.2) is 0 Å². The second-order valence-corrected chi connectivity index (χ2v) is 8.92. The number of likely N-dealkylation sites (tertiary alicyclic amines) is 1. The number of carbonyl (C=O) groups is 2. The highest BCUT2D eigenvalue weighted by molar-refractivity contribution is 5.89. The number of nitrogens with one attached hydrogen (secondary N) is 1. The van der Waals surface area contributed by atoms with Gasteiger partial charge in [-0.1, -0.05) is 32.1 Å². The van der Waals surface area contributed by atoms with Crippen LogP contribution in [0, 0.1) is 11.3 Å². The van der Waals surface area contributed by atoms with E-state index in [0.29, 0.717) is 25.1 Å². The fourth-order valence-corrected chi connectivity index (χ4v) is 5.76. The van der Waals surface area contributed by atoms with Gasteiger partial charge in [0.2, 0.25) is 11.8 Å². The van der Waals surface area contributed by atoms with Gasteiger partial charge in [-0.15, -0.1) is 0 Å². The quantitative estimate of drug-likeness (QED) is 0.765. The van der Waals surface area contributed by atoms with Crippen molar-refractivity contribution >= 4 is 11.8 Å². The molecule has 0 aromatic rings. The van der Waals surface area contributed by atoms with Crippen molar-refractivity contribution < 1.29 is 14.3 Å². The molecule has 26 heavy (non-hydrogen) atoms. The minimum atomic E-state index is -0.158. The molecule has 2 amide bonds. The molecule has 0 bridgehead atoms. The molecule has 1 heterocycles. The highest BCUT2D eigenvalue weighted by Gasteiger charge is 2.59. The van der Waals surface area contributed by atoms with E-state index in [9.17, 15) is 9.59 Å². The lowest BCUT2D eigenvalue weighted by atomic mass is 9.51. The first kappa shape index (κ1) is 18.3. The molecule has 3 aliphatic carbocycles. The van der Waals surface area contributed by atoms with Crippen LogP contribution in [0.5, 0.6) is 0 Å². The Balaban J connectivity index is 1.32. The summed E-state index contributed by atoms with van der Waals surface area (Å²) in [4.78, 5) is 27.4. The highest BCUT2D eigenvalue weighted by atomic mass is 16.5. The molecule has 4 aliphatic rings. The van der Waals surface area contributed by atoms with E-state index in [2.05, 4.69) is 5.32 Å². The minimum Gasteiger partial charge on any atom is -0.378 e. The number of amides is 2. The molecule has 1 aliphatic heterocycles. The van der Waals surface area contributed by atoms with E-state index in [1.165, 1.54) is 44.9 Å². The Labute approximate surface area is 157 Å². The van der Waals surface area contributed by atoms with E-state index in [0.717, 1.165) is 25.9 Å². The maximum absolute atomic E-state index is 12.9. The second-order valence-electron chi connectivity index (χ2n) is 8.92. The molecule has 4 rings (SSSR count). The molecule has 4 fully saturated rings. The van der Waals surface area contributed by atoms with Crippen molar-refractivity contribution in [3.05, 3.63) is 0 Å². The summed E-state index contributed by atoms with van der Waals surface area (Å²) in [5, 5.41) is 3.30. The predicted molar refractivity (Wildman–Crippen MR) is 99.6 cm³/mol. The zero-order chi connectivity index (χ0) is 18.1. The van der Waals surface area contributed by atoms with Crippen LogP contribution in [0.2, 0.25) is 0 Å². The van der Waals surface area contributed by atoms with Crippen LogP contribution in [0.1, 0.15) is 77.6 Å². The summed E-state index contributed by atoms with van der Waals surface area (Å²) < 4.78 is 5.88. The van der Waals surface area contributed by atoms with Gasteiger partial charge < -0.3 is 15.0 Å². The summed E-state index contributed by atoms with van der Waals surface area (Å²) in [7, 11) is 0. The molecule has 0 aromatic carbocycles. The zero-order valence-corrected chi connectivity index (χ0v) is 16.2. The van der Waals surface area contributed by atoms with Gasteiger partial charge in [-0.3, -0.25) is 9.59 Å². The predicted octanol–water partition coefficient (Wildman–Crippen LogP) is 3.02. The minimum absolute atomic E-state index is 0.0979. The largest absolute Gasteiger partial charge is 0.378 e. The number of rotatable bonds is 5. The summed E-state index contributed by atoms with van der Waals surface area (Å²) in [6.07, 6.45) is 12.5. The third-order valence-corrected chi connectivity index (χ3v) is 7.55. The van der Waals surface area contributed by atoms with E-state index in [-0.39, 0.29) is 29.2 Å². The standard InChI is InChI=1S/C21H34N2O3/c1-2-26-18-13-17(21(18)10-7-11-21)22-20(25)15-12-19(24)23(14-15)16-8-5-3-4-6-9-16/h15-18H,2-14H2,1H3,(H,22,25)/t15-,17-,18+/m0/s1. The molecular formula is C21H34N2O3. The van der Waals surface area contributed by atoms with Crippen LogP contribution in [0.15, 0.2) is 0 Å². The van der Waals surface area contributed by atoms with Gasteiger partial charge in [-0.2, -0.15) is 0 Å². The Morgan fingerprint density at radius 1 is 1.19 bits per heavy atom. The van der Waals surface area contributed by atoms with Gasteiger partial charge in [0.05, 0.1) is 12.0 Å². The summed E-state index contributed by atoms with van der Waals surface area (Å²) in [6.45, 7) is 3.43. The molecule has 3 saturated carbocycles. The van der Waals surface area contributed by atoms with Gasteiger partial charge >= 0.3 is 0 Å². The van der Waals surface area contributed by atoms with Crippen LogP contribution in [0.25, 0.3) is 0 Å². The third-order valence-electron chi connectivity index (χ3n) is 7.55. The molecule has 1 spiro atoms. The Morgan fingerprint density at radius 3 is 2.54 bits per heavy atom. The van der Waals surface area contributed by atoms with Crippen LogP contribution in [-0.2, 0) is 14.3 Å². The van der Waals surface area contributed by atoms with Gasteiger partial charge in [-0.05, 0) is 39.0 Å². The van der Waals surface area contributed by atoms with Crippen molar-refractivity contribution in [3.8, 4) is 0 Å². The molecular weight excluding hydrogens is 328 g/mol. The second kappa shape index (κ2) is 7.49. The molecule has 5 heteroatoms. The van der Waals surface area contributed by atoms with Crippen molar-refractivity contribution in [2.45, 2.75) is 95.7 Å². The molecule has 3 atom stereocenters. The number of hydrogen-bond acceptors (Lipinski definition) is 3. The smallest absolute Gasteiger partial charge is 0.225 e. The summed E-state index contributed by atoms with van der Waals surface area (Å²) >= 11 is 0. The van der Waals surface area contributed by atoms with E-state index in [4.69, 9.17) is 4.74 Å². The fourth-order valence-electron chi connectivity index (χ4n) is 5.76. The lowest BCUT2D eigenvalue weighted by Gasteiger charge is -2.61. The van der Waals surface area contributed by atoms with E-state index in [1.54, 1.807) is 0 Å². The Kier molecular flexibility index (Phi) is 5.27. The molecule has 0 unspecified atom stereocenters. The summed E-state index contributed by atoms with van der Waals surface area (Å²) in [5.41, 5.74) is 0.190. The van der Waals surface area contributed by atoms with E-state index >= 15 is 0 Å². The maximum Gasteiger partial charge on any atom is 0.225 e. The molecule has 146 valence electrons. The van der Waals surface area contributed by atoms with E-state index < -0.39 is 0 Å². The fraction of sp³-hybridized carbons (Fsp3) is 0.905. The number of nitrogens with zero attached hydrogens (tertiary/aromatic N) is 1. The molecule has 5 nitrogen and oxygen atoms in total. The van der Waals surface area contributed by atoms with Crippen molar-refractivity contribution in [2.24, 2.45) is 11.3 Å². The van der Waals surface area contributed by atoms with Gasteiger partial charge in [0.1, 0.15) is 0 Å². The first-order valence-corrected chi connectivity index (χ1v) is 10.9. The number of ether oxygens (including phenoxy) is 1. The summed E-state index contributed by atoms with van der Waals surface area (Å²) in [5.74, 6) is 0.130. The Hall–Kier alpha value is -1.10. The summed E-state index contributed by atoms with van der Waals surface area (Å²) in [6, 6.07) is 0.620. The highest BCUT2D eigenvalue weighted by Crippen LogP contribution is 2.57. The SMILES string of the molecule is CCO[C@@H]1C[C@H](NC(=O)[C@H]2CC(=O)N(C3CCCCCC3)C2)C12CCC2. The van der Waals surface area contributed by atoms with Crippen LogP contribution in [0.4, 0.5) is 0 Å². The first-order valence-electron chi connectivity index (χ1n) is 10.9. The van der Waals surface area contributed by atoms with Crippen molar-refractivity contribution in [3.63, 3.8) is 0 Å². The van der Waals surface area contributed by atoms with Crippen LogP contribution in [0.3, 0.4) is 0 Å². The monoisotopic (exact) mass is 362 g/mol. The van der Waals surface area contributed by atoms with Crippen LogP contribution in [-0.4, -0.2) is 48.1 Å². The van der Waals surface area contributed by atoms with Crippen LogP contribution >= 0.6 is 0 Å². The van der Waals surface area contributed by atoms with E-state index in [1.807, 2.05) is 11.8 Å². The Morgan fingerprint density at radius 2 is 1.92 bits per heavy atom. The molecule has 1 N–H and O–H groups in total. The molecule has 0 radical (unpaired) electrons. The van der Waals surface area contributed by atoms with Gasteiger partial charge in [0, 0.05) is 37.1 Å².